The van der Waals surface area contributed by atoms with Gasteiger partial charge in [0.2, 0.25) is 5.88 Å². The summed E-state index contributed by atoms with van der Waals surface area (Å²) in [4.78, 5) is 14.0. The fourth-order valence-corrected chi connectivity index (χ4v) is 0.690. The van der Waals surface area contributed by atoms with Crippen molar-refractivity contribution in [2.24, 2.45) is 7.05 Å². The van der Waals surface area contributed by atoms with Gasteiger partial charge in [0.15, 0.2) is 5.69 Å². The van der Waals surface area contributed by atoms with Crippen LogP contribution in [0.25, 0.3) is 0 Å². The summed E-state index contributed by atoms with van der Waals surface area (Å²) < 4.78 is 1.09. The molecular weight excluding hydrogens is 152 g/mol. The van der Waals surface area contributed by atoms with Crippen molar-refractivity contribution in [2.75, 3.05) is 0 Å². The molecule has 11 heavy (non-hydrogen) atoms. The number of carbonyl (C=O) groups is 1. The van der Waals surface area contributed by atoms with E-state index in [1.165, 1.54) is 7.05 Å². The van der Waals surface area contributed by atoms with Crippen LogP contribution in [0.5, 0.6) is 5.88 Å². The van der Waals surface area contributed by atoms with Crippen molar-refractivity contribution in [2.45, 2.75) is 0 Å². The molecule has 0 aromatic carbocycles. The first-order chi connectivity index (χ1) is 5.15. The van der Waals surface area contributed by atoms with Gasteiger partial charge >= 0.3 is 5.97 Å². The summed E-state index contributed by atoms with van der Waals surface area (Å²) in [6, 6.07) is 1.08. The Bertz CT molecular complexity index is 280. The third kappa shape index (κ3) is 1.30. The largest absolute Gasteiger partial charge is 0.492 e. The van der Waals surface area contributed by atoms with Crippen LogP contribution >= 0.6 is 0 Å². The van der Waals surface area contributed by atoms with Gasteiger partial charge in [0.25, 0.3) is 0 Å². The van der Waals surface area contributed by atoms with Gasteiger partial charge in [-0.05, 0) is 0 Å². The van der Waals surface area contributed by atoms with Crippen LogP contribution in [0.1, 0.15) is 10.5 Å². The van der Waals surface area contributed by atoms with Crippen molar-refractivity contribution in [3.05, 3.63) is 11.8 Å². The van der Waals surface area contributed by atoms with Crippen LogP contribution in [0.15, 0.2) is 6.07 Å². The first kappa shape index (κ1) is 7.55. The topological polar surface area (TPSA) is 84.6 Å². The minimum Gasteiger partial charge on any atom is -0.492 e. The summed E-state index contributed by atoms with van der Waals surface area (Å²) in [5.41, 5.74) is -0.0231. The molecular formula is C5H6N2O4. The molecule has 0 aliphatic carbocycles. The third-order valence-corrected chi connectivity index (χ3v) is 1.16. The number of hydrogen-bond acceptors (Lipinski definition) is 5. The summed E-state index contributed by atoms with van der Waals surface area (Å²) in [6.07, 6.45) is 0. The lowest BCUT2D eigenvalue weighted by Crippen LogP contribution is -2.08. The van der Waals surface area contributed by atoms with E-state index in [1.807, 2.05) is 0 Å². The van der Waals surface area contributed by atoms with E-state index in [0.29, 0.717) is 0 Å². The zero-order valence-electron chi connectivity index (χ0n) is 5.68. The molecule has 6 heteroatoms. The van der Waals surface area contributed by atoms with E-state index in [9.17, 15) is 4.79 Å². The van der Waals surface area contributed by atoms with Gasteiger partial charge < -0.3 is 5.11 Å². The number of hydrogen-bond donors (Lipinski definition) is 2. The highest BCUT2D eigenvalue weighted by Crippen LogP contribution is 2.08. The molecule has 0 bridgehead atoms. The maximum atomic E-state index is 10.6. The zero-order chi connectivity index (χ0) is 8.43. The Labute approximate surface area is 61.6 Å². The van der Waals surface area contributed by atoms with Crippen molar-refractivity contribution in [1.82, 2.24) is 9.78 Å². The van der Waals surface area contributed by atoms with Crippen molar-refractivity contribution < 1.29 is 20.0 Å². The predicted octanol–water partition coefficient (Wildman–Crippen LogP) is -0.244. The normalized spacial score (nSPS) is 9.64. The maximum absolute atomic E-state index is 10.6. The van der Waals surface area contributed by atoms with Crippen molar-refractivity contribution >= 4 is 5.97 Å². The molecule has 0 radical (unpaired) electrons. The Morgan fingerprint density at radius 1 is 1.82 bits per heavy atom. The Hall–Kier alpha value is -1.56. The molecule has 1 aromatic rings. The van der Waals surface area contributed by atoms with Crippen LogP contribution in [0, 0.1) is 0 Å². The molecule has 0 aliphatic heterocycles. The highest BCUT2D eigenvalue weighted by atomic mass is 17.1. The molecule has 6 nitrogen and oxygen atoms in total. The molecule has 0 spiro atoms. The van der Waals surface area contributed by atoms with Gasteiger partial charge in [0, 0.05) is 13.1 Å². The van der Waals surface area contributed by atoms with Gasteiger partial charge in [-0.15, -0.1) is 5.10 Å². The van der Waals surface area contributed by atoms with Gasteiger partial charge in [-0.25, -0.2) is 4.79 Å². The smallest absolute Gasteiger partial charge is 0.390 e. The van der Waals surface area contributed by atoms with Crippen LogP contribution in [-0.4, -0.2) is 26.1 Å². The molecule has 1 heterocycles. The first-order valence-electron chi connectivity index (χ1n) is 2.74. The number of rotatable bonds is 1. The summed E-state index contributed by atoms with van der Waals surface area (Å²) in [5.74, 6) is -1.26. The van der Waals surface area contributed by atoms with E-state index in [-0.39, 0.29) is 11.6 Å². The Kier molecular flexibility index (Phi) is 1.77. The average Bonchev–Trinajstić information content (AvgIpc) is 2.28. The molecule has 0 unspecified atom stereocenters. The number of nitrogens with zero attached hydrogens (tertiary/aromatic N) is 2. The standard InChI is InChI=1S/C5H6N2O4/c1-7-3(5(9)11-10)2-4(8)6-7/h2,10H,1H3,(H,6,8). The number of aryl methyl sites for hydroxylation is 1. The van der Waals surface area contributed by atoms with Gasteiger partial charge in [0.05, 0.1) is 0 Å². The molecule has 0 saturated heterocycles. The summed E-state index contributed by atoms with van der Waals surface area (Å²) in [6.45, 7) is 0. The molecule has 0 atom stereocenters. The molecule has 60 valence electrons. The highest BCUT2D eigenvalue weighted by molar-refractivity contribution is 5.87. The number of aromatic nitrogens is 2. The molecule has 0 aliphatic rings. The van der Waals surface area contributed by atoms with Crippen LogP contribution in [0.3, 0.4) is 0 Å². The van der Waals surface area contributed by atoms with E-state index in [2.05, 4.69) is 9.99 Å². The lowest BCUT2D eigenvalue weighted by atomic mass is 10.4. The van der Waals surface area contributed by atoms with Gasteiger partial charge in [-0.3, -0.25) is 9.57 Å². The van der Waals surface area contributed by atoms with Crippen LogP contribution in [0.4, 0.5) is 0 Å². The summed E-state index contributed by atoms with van der Waals surface area (Å²) in [7, 11) is 1.44. The van der Waals surface area contributed by atoms with Crippen molar-refractivity contribution in [3.8, 4) is 5.88 Å². The lowest BCUT2D eigenvalue weighted by molar-refractivity contribution is -0.183. The maximum Gasteiger partial charge on any atom is 0.390 e. The van der Waals surface area contributed by atoms with E-state index in [4.69, 9.17) is 10.4 Å². The third-order valence-electron chi connectivity index (χ3n) is 1.16. The number of carbonyl (C=O) groups excluding carboxylic acids is 1. The van der Waals surface area contributed by atoms with Crippen molar-refractivity contribution in [1.29, 1.82) is 0 Å². The van der Waals surface area contributed by atoms with E-state index in [0.717, 1.165) is 10.7 Å². The predicted molar refractivity (Wildman–Crippen MR) is 32.9 cm³/mol. The van der Waals surface area contributed by atoms with Gasteiger partial charge in [0.1, 0.15) is 0 Å². The summed E-state index contributed by atoms with van der Waals surface area (Å²) in [5, 5.41) is 20.1. The first-order valence-corrected chi connectivity index (χ1v) is 2.74. The van der Waals surface area contributed by atoms with E-state index in [1.54, 1.807) is 0 Å². The molecule has 2 N–H and O–H groups in total. The second kappa shape index (κ2) is 2.59. The Morgan fingerprint density at radius 2 is 2.45 bits per heavy atom. The van der Waals surface area contributed by atoms with Crippen LogP contribution in [-0.2, 0) is 11.9 Å². The molecule has 0 fully saturated rings. The molecule has 0 amide bonds. The fraction of sp³-hybridized carbons (Fsp3) is 0.200. The van der Waals surface area contributed by atoms with Crippen LogP contribution in [0.2, 0.25) is 0 Å². The lowest BCUT2D eigenvalue weighted by Gasteiger charge is -1.93. The molecule has 1 rings (SSSR count). The van der Waals surface area contributed by atoms with E-state index >= 15 is 0 Å². The van der Waals surface area contributed by atoms with Gasteiger partial charge in [-0.2, -0.15) is 5.26 Å². The quantitative estimate of drug-likeness (QED) is 0.435. The van der Waals surface area contributed by atoms with Crippen LogP contribution < -0.4 is 0 Å². The fourth-order valence-electron chi connectivity index (χ4n) is 0.690. The molecule has 0 saturated carbocycles. The van der Waals surface area contributed by atoms with Crippen molar-refractivity contribution in [3.63, 3.8) is 0 Å². The van der Waals surface area contributed by atoms with E-state index < -0.39 is 5.97 Å². The average molecular weight is 158 g/mol. The van der Waals surface area contributed by atoms with Gasteiger partial charge in [-0.1, -0.05) is 0 Å². The summed E-state index contributed by atoms with van der Waals surface area (Å²) >= 11 is 0. The second-order valence-corrected chi connectivity index (χ2v) is 1.89. The Balaban J connectivity index is 3.03. The zero-order valence-corrected chi connectivity index (χ0v) is 5.68. The number of aromatic hydroxyl groups is 1. The molecule has 1 aromatic heterocycles. The Morgan fingerprint density at radius 3 is 2.82 bits per heavy atom. The highest BCUT2D eigenvalue weighted by Gasteiger charge is 2.13. The minimum absolute atomic E-state index is 0.0231. The minimum atomic E-state index is -0.958. The second-order valence-electron chi connectivity index (χ2n) is 1.89. The monoisotopic (exact) mass is 158 g/mol. The SMILES string of the molecule is Cn1nc(O)cc1C(=O)OO.